The van der Waals surface area contributed by atoms with Gasteiger partial charge in [0.1, 0.15) is 0 Å². The summed E-state index contributed by atoms with van der Waals surface area (Å²) in [5, 5.41) is 10.1. The zero-order valence-corrected chi connectivity index (χ0v) is 12.3. The van der Waals surface area contributed by atoms with Gasteiger partial charge in [-0.1, -0.05) is 13.3 Å². The lowest BCUT2D eigenvalue weighted by atomic mass is 9.96. The number of hydrogen-bond acceptors (Lipinski definition) is 3. The minimum atomic E-state index is -0.288. The number of rotatable bonds is 6. The summed E-state index contributed by atoms with van der Waals surface area (Å²) in [6.07, 6.45) is 6.17. The van der Waals surface area contributed by atoms with Crippen LogP contribution in [0.25, 0.3) is 0 Å². The van der Waals surface area contributed by atoms with Gasteiger partial charge in [0.2, 0.25) is 5.91 Å². The second kappa shape index (κ2) is 6.71. The number of carbonyl (C=O) groups is 1. The highest BCUT2D eigenvalue weighted by atomic mass is 16.3. The van der Waals surface area contributed by atoms with Gasteiger partial charge in [-0.15, -0.1) is 0 Å². The zero-order valence-electron chi connectivity index (χ0n) is 12.3. The monoisotopic (exact) mass is 268 g/mol. The van der Waals surface area contributed by atoms with E-state index >= 15 is 0 Å². The molecular weight excluding hydrogens is 240 g/mol. The van der Waals surface area contributed by atoms with Gasteiger partial charge in [-0.2, -0.15) is 0 Å². The van der Waals surface area contributed by atoms with E-state index in [1.165, 1.54) is 19.3 Å². The van der Waals surface area contributed by atoms with Gasteiger partial charge in [-0.05, 0) is 45.6 Å². The molecule has 110 valence electrons. The number of nitrogens with zero attached hydrogens (tertiary/aromatic N) is 2. The summed E-state index contributed by atoms with van der Waals surface area (Å²) < 4.78 is 0. The third kappa shape index (κ3) is 3.69. The second-order valence-corrected chi connectivity index (χ2v) is 5.92. The summed E-state index contributed by atoms with van der Waals surface area (Å²) in [4.78, 5) is 16.6. The van der Waals surface area contributed by atoms with Crippen LogP contribution < -0.4 is 0 Å². The van der Waals surface area contributed by atoms with Gasteiger partial charge in [0.15, 0.2) is 0 Å². The number of amides is 1. The van der Waals surface area contributed by atoms with Crippen molar-refractivity contribution in [1.29, 1.82) is 0 Å². The molecule has 0 radical (unpaired) electrons. The van der Waals surface area contributed by atoms with E-state index in [0.29, 0.717) is 12.6 Å². The highest BCUT2D eigenvalue weighted by Gasteiger charge is 2.34. The fraction of sp³-hybridized carbons (Fsp3) is 0.933. The summed E-state index contributed by atoms with van der Waals surface area (Å²) in [5.74, 6) is 0.250. The van der Waals surface area contributed by atoms with Crippen LogP contribution in [0.1, 0.15) is 52.4 Å². The Hall–Kier alpha value is -0.610. The molecule has 19 heavy (non-hydrogen) atoms. The number of likely N-dealkylation sites (tertiary alicyclic amines) is 1. The predicted molar refractivity (Wildman–Crippen MR) is 75.9 cm³/mol. The molecule has 2 fully saturated rings. The average molecular weight is 268 g/mol. The third-order valence-electron chi connectivity index (χ3n) is 4.51. The maximum absolute atomic E-state index is 12.4. The van der Waals surface area contributed by atoms with Crippen molar-refractivity contribution < 1.29 is 9.90 Å². The lowest BCUT2D eigenvalue weighted by Crippen LogP contribution is -2.51. The van der Waals surface area contributed by atoms with E-state index in [1.807, 2.05) is 11.8 Å². The van der Waals surface area contributed by atoms with Crippen molar-refractivity contribution in [1.82, 2.24) is 9.80 Å². The van der Waals surface area contributed by atoms with Crippen LogP contribution in [-0.4, -0.2) is 58.6 Å². The van der Waals surface area contributed by atoms with Gasteiger partial charge >= 0.3 is 0 Å². The second-order valence-electron chi connectivity index (χ2n) is 5.92. The highest BCUT2D eigenvalue weighted by Crippen LogP contribution is 2.27. The minimum Gasteiger partial charge on any atom is -0.392 e. The quantitative estimate of drug-likeness (QED) is 0.796. The molecule has 4 heteroatoms. The lowest BCUT2D eigenvalue weighted by molar-refractivity contribution is -0.134. The molecule has 0 bridgehead atoms. The first kappa shape index (κ1) is 14.8. The van der Waals surface area contributed by atoms with Gasteiger partial charge in [0.05, 0.1) is 12.6 Å². The molecule has 1 heterocycles. The van der Waals surface area contributed by atoms with Gasteiger partial charge in [-0.25, -0.2) is 0 Å². The largest absolute Gasteiger partial charge is 0.392 e. The van der Waals surface area contributed by atoms with E-state index in [-0.39, 0.29) is 18.1 Å². The maximum atomic E-state index is 12.4. The van der Waals surface area contributed by atoms with E-state index in [0.717, 1.165) is 32.4 Å². The van der Waals surface area contributed by atoms with Gasteiger partial charge < -0.3 is 10.0 Å². The summed E-state index contributed by atoms with van der Waals surface area (Å²) >= 11 is 0. The molecular formula is C15H28N2O2. The SMILES string of the molecule is CCC(O)C1CCCCN1CC(=O)N(CC)C1CC1. The molecule has 0 aromatic heterocycles. The molecule has 0 aromatic carbocycles. The van der Waals surface area contributed by atoms with Crippen LogP contribution in [0.4, 0.5) is 0 Å². The van der Waals surface area contributed by atoms with Crippen LogP contribution >= 0.6 is 0 Å². The van der Waals surface area contributed by atoms with E-state index in [1.54, 1.807) is 0 Å². The zero-order chi connectivity index (χ0) is 13.8. The number of carbonyl (C=O) groups excluding carboxylic acids is 1. The Morgan fingerprint density at radius 3 is 2.63 bits per heavy atom. The number of hydrogen-bond donors (Lipinski definition) is 1. The third-order valence-corrected chi connectivity index (χ3v) is 4.51. The first-order valence-corrected chi connectivity index (χ1v) is 7.89. The Morgan fingerprint density at radius 2 is 2.05 bits per heavy atom. The van der Waals surface area contributed by atoms with E-state index in [4.69, 9.17) is 0 Å². The molecule has 1 aliphatic carbocycles. The molecule has 1 N–H and O–H groups in total. The Bertz CT molecular complexity index is 305. The molecule has 2 atom stereocenters. The molecule has 4 nitrogen and oxygen atoms in total. The average Bonchev–Trinajstić information content (AvgIpc) is 3.24. The van der Waals surface area contributed by atoms with Crippen LogP contribution in [0.2, 0.25) is 0 Å². The van der Waals surface area contributed by atoms with Crippen molar-refractivity contribution in [2.75, 3.05) is 19.6 Å². The normalized spacial score (nSPS) is 26.2. The molecule has 1 saturated carbocycles. The van der Waals surface area contributed by atoms with E-state index in [2.05, 4.69) is 11.8 Å². The Labute approximate surface area is 116 Å². The Morgan fingerprint density at radius 1 is 1.32 bits per heavy atom. The van der Waals surface area contributed by atoms with Gasteiger partial charge in [0.25, 0.3) is 0 Å². The molecule has 1 amide bonds. The van der Waals surface area contributed by atoms with Crippen molar-refractivity contribution in [2.45, 2.75) is 70.6 Å². The van der Waals surface area contributed by atoms with Crippen LogP contribution in [0.3, 0.4) is 0 Å². The maximum Gasteiger partial charge on any atom is 0.236 e. The molecule has 1 aliphatic heterocycles. The number of aliphatic hydroxyl groups is 1. The van der Waals surface area contributed by atoms with Crippen LogP contribution in [0.5, 0.6) is 0 Å². The van der Waals surface area contributed by atoms with Gasteiger partial charge in [0, 0.05) is 18.6 Å². The fourth-order valence-electron chi connectivity index (χ4n) is 3.21. The van der Waals surface area contributed by atoms with Crippen LogP contribution in [0, 0.1) is 0 Å². The van der Waals surface area contributed by atoms with Crippen molar-refractivity contribution in [2.24, 2.45) is 0 Å². The summed E-state index contributed by atoms with van der Waals surface area (Å²) in [7, 11) is 0. The predicted octanol–water partition coefficient (Wildman–Crippen LogP) is 1.62. The minimum absolute atomic E-state index is 0.181. The van der Waals surface area contributed by atoms with Crippen molar-refractivity contribution >= 4 is 5.91 Å². The lowest BCUT2D eigenvalue weighted by Gasteiger charge is -2.38. The number of piperidine rings is 1. The standard InChI is InChI=1S/C15H28N2O2/c1-3-14(18)13-7-5-6-10-16(13)11-15(19)17(4-2)12-8-9-12/h12-14,18H,3-11H2,1-2H3. The molecule has 2 rings (SSSR count). The van der Waals surface area contributed by atoms with Crippen molar-refractivity contribution in [3.8, 4) is 0 Å². The first-order valence-electron chi connectivity index (χ1n) is 7.89. The number of likely N-dealkylation sites (N-methyl/N-ethyl adjacent to an activating group) is 1. The van der Waals surface area contributed by atoms with Crippen molar-refractivity contribution in [3.05, 3.63) is 0 Å². The number of aliphatic hydroxyl groups excluding tert-OH is 1. The molecule has 2 unspecified atom stereocenters. The van der Waals surface area contributed by atoms with Crippen LogP contribution in [0.15, 0.2) is 0 Å². The van der Waals surface area contributed by atoms with Crippen LogP contribution in [-0.2, 0) is 4.79 Å². The summed E-state index contributed by atoms with van der Waals surface area (Å²) in [6.45, 7) is 6.34. The van der Waals surface area contributed by atoms with E-state index in [9.17, 15) is 9.90 Å². The molecule has 0 spiro atoms. The Kier molecular flexibility index (Phi) is 5.22. The molecule has 1 saturated heterocycles. The topological polar surface area (TPSA) is 43.8 Å². The first-order chi connectivity index (χ1) is 9.17. The summed E-state index contributed by atoms with van der Waals surface area (Å²) in [5.41, 5.74) is 0. The molecule has 2 aliphatic rings. The smallest absolute Gasteiger partial charge is 0.236 e. The Balaban J connectivity index is 1.92. The van der Waals surface area contributed by atoms with E-state index < -0.39 is 0 Å². The van der Waals surface area contributed by atoms with Crippen molar-refractivity contribution in [3.63, 3.8) is 0 Å². The summed E-state index contributed by atoms with van der Waals surface area (Å²) in [6, 6.07) is 0.678. The van der Waals surface area contributed by atoms with Gasteiger partial charge in [-0.3, -0.25) is 9.69 Å². The highest BCUT2D eigenvalue weighted by molar-refractivity contribution is 5.79. The fourth-order valence-corrected chi connectivity index (χ4v) is 3.21. The molecule has 0 aromatic rings.